The quantitative estimate of drug-likeness (QED) is 0.483. The van der Waals surface area contributed by atoms with Crippen LogP contribution in [0.1, 0.15) is 30.5 Å². The van der Waals surface area contributed by atoms with Gasteiger partial charge >= 0.3 is 5.97 Å². The molecule has 0 atom stereocenters. The Bertz CT molecular complexity index is 886. The lowest BCUT2D eigenvalue weighted by molar-refractivity contribution is -0.155. The van der Waals surface area contributed by atoms with Crippen LogP contribution in [0.25, 0.3) is 0 Å². The summed E-state index contributed by atoms with van der Waals surface area (Å²) in [6.07, 6.45) is 0.586. The van der Waals surface area contributed by atoms with Gasteiger partial charge in [-0.15, -0.1) is 0 Å². The molecule has 0 amide bonds. The van der Waals surface area contributed by atoms with Crippen LogP contribution in [0.5, 0.6) is 5.75 Å². The van der Waals surface area contributed by atoms with Crippen molar-refractivity contribution in [1.29, 1.82) is 0 Å². The van der Waals surface area contributed by atoms with Gasteiger partial charge in [0, 0.05) is 0 Å². The second-order valence-electron chi connectivity index (χ2n) is 7.54. The van der Waals surface area contributed by atoms with Crippen LogP contribution in [0.2, 0.25) is 0 Å². The van der Waals surface area contributed by atoms with E-state index in [0.29, 0.717) is 19.6 Å². The van der Waals surface area contributed by atoms with E-state index in [1.807, 2.05) is 98.8 Å². The highest BCUT2D eigenvalue weighted by atomic mass is 16.5. The smallest absolute Gasteiger partial charge is 0.312 e. The van der Waals surface area contributed by atoms with Crippen LogP contribution in [0, 0.1) is 5.41 Å². The van der Waals surface area contributed by atoms with Crippen LogP contribution >= 0.6 is 0 Å². The van der Waals surface area contributed by atoms with Crippen molar-refractivity contribution in [2.45, 2.75) is 33.5 Å². The second kappa shape index (κ2) is 9.23. The average Bonchev–Trinajstić information content (AvgIpc) is 2.72. The van der Waals surface area contributed by atoms with E-state index in [4.69, 9.17) is 9.47 Å². The maximum absolute atomic E-state index is 12.6. The summed E-state index contributed by atoms with van der Waals surface area (Å²) in [5, 5.41) is 0. The van der Waals surface area contributed by atoms with Crippen molar-refractivity contribution in [3.05, 3.63) is 102 Å². The minimum Gasteiger partial charge on any atom is -0.489 e. The van der Waals surface area contributed by atoms with Crippen molar-refractivity contribution in [3.63, 3.8) is 0 Å². The Hall–Kier alpha value is -3.07. The first kappa shape index (κ1) is 19.7. The number of ether oxygens (including phenoxy) is 2. The molecule has 0 spiro atoms. The van der Waals surface area contributed by atoms with Gasteiger partial charge in [-0.1, -0.05) is 72.8 Å². The van der Waals surface area contributed by atoms with Gasteiger partial charge in [-0.2, -0.15) is 0 Å². The summed E-state index contributed by atoms with van der Waals surface area (Å²) in [7, 11) is 0. The van der Waals surface area contributed by atoms with Crippen molar-refractivity contribution in [2.24, 2.45) is 5.41 Å². The zero-order chi connectivity index (χ0) is 19.8. The summed E-state index contributed by atoms with van der Waals surface area (Å²) in [5.74, 6) is 0.599. The monoisotopic (exact) mass is 374 g/mol. The van der Waals surface area contributed by atoms with E-state index >= 15 is 0 Å². The third-order valence-corrected chi connectivity index (χ3v) is 4.56. The molecule has 0 fully saturated rings. The fraction of sp³-hybridized carbons (Fsp3) is 0.240. The molecule has 3 rings (SSSR count). The van der Waals surface area contributed by atoms with Gasteiger partial charge in [0.15, 0.2) is 0 Å². The van der Waals surface area contributed by atoms with Crippen LogP contribution in [-0.2, 0) is 29.2 Å². The van der Waals surface area contributed by atoms with Gasteiger partial charge in [0.2, 0.25) is 0 Å². The van der Waals surface area contributed by atoms with E-state index in [1.54, 1.807) is 0 Å². The van der Waals surface area contributed by atoms with E-state index in [1.165, 1.54) is 0 Å². The standard InChI is InChI=1S/C25H26O3/c1-25(2,24(26)28-19-21-12-7-4-8-13-21)17-22-14-9-15-23(16-22)27-18-20-10-5-3-6-11-20/h3-16H,17-19H2,1-2H3. The van der Waals surface area contributed by atoms with Gasteiger partial charge in [-0.25, -0.2) is 0 Å². The van der Waals surface area contributed by atoms with Gasteiger partial charge in [0.1, 0.15) is 19.0 Å². The van der Waals surface area contributed by atoms with Crippen molar-refractivity contribution in [3.8, 4) is 5.75 Å². The molecule has 0 aliphatic heterocycles. The van der Waals surface area contributed by atoms with E-state index in [2.05, 4.69) is 0 Å². The molecule has 0 radical (unpaired) electrons. The zero-order valence-electron chi connectivity index (χ0n) is 16.4. The molecule has 0 heterocycles. The number of rotatable bonds is 8. The maximum Gasteiger partial charge on any atom is 0.312 e. The first-order valence-electron chi connectivity index (χ1n) is 9.50. The van der Waals surface area contributed by atoms with Crippen LogP contribution in [0.4, 0.5) is 0 Å². The van der Waals surface area contributed by atoms with E-state index in [9.17, 15) is 4.79 Å². The van der Waals surface area contributed by atoms with E-state index < -0.39 is 5.41 Å². The van der Waals surface area contributed by atoms with Gasteiger partial charge < -0.3 is 9.47 Å². The predicted octanol–water partition coefficient (Wildman–Crippen LogP) is 5.58. The molecule has 0 saturated heterocycles. The van der Waals surface area contributed by atoms with E-state index in [0.717, 1.165) is 22.4 Å². The molecule has 3 nitrogen and oxygen atoms in total. The summed E-state index contributed by atoms with van der Waals surface area (Å²) in [5.41, 5.74) is 2.54. The fourth-order valence-corrected chi connectivity index (χ4v) is 2.99. The molecule has 0 bridgehead atoms. The molecular weight excluding hydrogens is 348 g/mol. The fourth-order valence-electron chi connectivity index (χ4n) is 2.99. The normalized spacial score (nSPS) is 11.1. The van der Waals surface area contributed by atoms with Crippen LogP contribution in [0.3, 0.4) is 0 Å². The lowest BCUT2D eigenvalue weighted by Crippen LogP contribution is -2.28. The SMILES string of the molecule is CC(C)(Cc1cccc(OCc2ccccc2)c1)C(=O)OCc1ccccc1. The molecule has 3 heteroatoms. The molecule has 3 aromatic rings. The molecule has 0 saturated carbocycles. The Morgan fingerprint density at radius 1 is 0.750 bits per heavy atom. The van der Waals surface area contributed by atoms with Crippen LogP contribution in [-0.4, -0.2) is 5.97 Å². The van der Waals surface area contributed by atoms with Gasteiger partial charge in [-0.3, -0.25) is 4.79 Å². The third kappa shape index (κ3) is 5.71. The third-order valence-electron chi connectivity index (χ3n) is 4.56. The molecule has 3 aromatic carbocycles. The molecule has 0 N–H and O–H groups in total. The Morgan fingerprint density at radius 3 is 1.96 bits per heavy atom. The first-order chi connectivity index (χ1) is 13.5. The number of hydrogen-bond donors (Lipinski definition) is 0. The topological polar surface area (TPSA) is 35.5 Å². The molecule has 0 unspecified atom stereocenters. The van der Waals surface area contributed by atoms with Crippen molar-refractivity contribution < 1.29 is 14.3 Å². The first-order valence-corrected chi connectivity index (χ1v) is 9.50. The Labute approximate surface area is 166 Å². The predicted molar refractivity (Wildman–Crippen MR) is 111 cm³/mol. The van der Waals surface area contributed by atoms with E-state index in [-0.39, 0.29) is 5.97 Å². The molecule has 0 aliphatic rings. The maximum atomic E-state index is 12.6. The van der Waals surface area contributed by atoms with Gasteiger partial charge in [-0.05, 0) is 49.1 Å². The Kier molecular flexibility index (Phi) is 6.49. The molecule has 28 heavy (non-hydrogen) atoms. The molecule has 144 valence electrons. The summed E-state index contributed by atoms with van der Waals surface area (Å²) in [6.45, 7) is 4.64. The number of benzene rings is 3. The summed E-state index contributed by atoms with van der Waals surface area (Å²) in [4.78, 5) is 12.6. The lowest BCUT2D eigenvalue weighted by Gasteiger charge is -2.23. The number of carbonyl (C=O) groups excluding carboxylic acids is 1. The van der Waals surface area contributed by atoms with Crippen LogP contribution in [0.15, 0.2) is 84.9 Å². The van der Waals surface area contributed by atoms with Gasteiger partial charge in [0.05, 0.1) is 5.41 Å². The minimum atomic E-state index is -0.618. The number of esters is 1. The lowest BCUT2D eigenvalue weighted by atomic mass is 9.86. The molecular formula is C25H26O3. The number of hydrogen-bond acceptors (Lipinski definition) is 3. The van der Waals surface area contributed by atoms with Crippen molar-refractivity contribution >= 4 is 5.97 Å². The van der Waals surface area contributed by atoms with Gasteiger partial charge in [0.25, 0.3) is 0 Å². The Balaban J connectivity index is 1.57. The minimum absolute atomic E-state index is 0.202. The summed E-state index contributed by atoms with van der Waals surface area (Å²) in [6, 6.07) is 27.7. The highest BCUT2D eigenvalue weighted by molar-refractivity contribution is 5.76. The largest absolute Gasteiger partial charge is 0.489 e. The number of carbonyl (C=O) groups is 1. The highest BCUT2D eigenvalue weighted by Gasteiger charge is 2.29. The highest BCUT2D eigenvalue weighted by Crippen LogP contribution is 2.26. The molecule has 0 aliphatic carbocycles. The summed E-state index contributed by atoms with van der Waals surface area (Å²) < 4.78 is 11.4. The van der Waals surface area contributed by atoms with Crippen molar-refractivity contribution in [2.75, 3.05) is 0 Å². The summed E-state index contributed by atoms with van der Waals surface area (Å²) >= 11 is 0. The zero-order valence-corrected chi connectivity index (χ0v) is 16.4. The van der Waals surface area contributed by atoms with Crippen molar-refractivity contribution in [1.82, 2.24) is 0 Å². The average molecular weight is 374 g/mol. The Morgan fingerprint density at radius 2 is 1.32 bits per heavy atom. The van der Waals surface area contributed by atoms with Crippen LogP contribution < -0.4 is 4.74 Å². The molecule has 0 aromatic heterocycles. The second-order valence-corrected chi connectivity index (χ2v) is 7.54.